The predicted octanol–water partition coefficient (Wildman–Crippen LogP) is 5.94. The van der Waals surface area contributed by atoms with E-state index in [1.807, 2.05) is 106 Å². The second kappa shape index (κ2) is 12.3. The van der Waals surface area contributed by atoms with Gasteiger partial charge in [-0.15, -0.1) is 0 Å². The van der Waals surface area contributed by atoms with Crippen molar-refractivity contribution in [2.24, 2.45) is 0 Å². The first-order valence-corrected chi connectivity index (χ1v) is 12.9. The van der Waals surface area contributed by atoms with E-state index in [1.165, 1.54) is 0 Å². The van der Waals surface area contributed by atoms with Gasteiger partial charge in [-0.1, -0.05) is 54.6 Å². The van der Waals surface area contributed by atoms with Crippen molar-refractivity contribution in [1.82, 2.24) is 25.3 Å². The van der Waals surface area contributed by atoms with E-state index in [0.717, 1.165) is 34.7 Å². The van der Waals surface area contributed by atoms with Gasteiger partial charge < -0.3 is 20.3 Å². The Morgan fingerprint density at radius 2 is 1.59 bits per heavy atom. The van der Waals surface area contributed by atoms with Crippen LogP contribution in [0.15, 0.2) is 79.1 Å². The molecule has 0 saturated carbocycles. The molecule has 0 spiro atoms. The molecule has 2 N–H and O–H groups in total. The Kier molecular flexibility index (Phi) is 8.70. The number of aromatic nitrogens is 4. The van der Waals surface area contributed by atoms with Crippen LogP contribution in [0.5, 0.6) is 0 Å². The number of benzene rings is 2. The molecule has 4 aromatic rings. The summed E-state index contributed by atoms with van der Waals surface area (Å²) in [5, 5.41) is 6.12. The van der Waals surface area contributed by atoms with E-state index in [-0.39, 0.29) is 11.6 Å². The molecule has 0 fully saturated rings. The average Bonchev–Trinajstić information content (AvgIpc) is 2.92. The van der Waals surface area contributed by atoms with Crippen LogP contribution in [0.25, 0.3) is 11.4 Å². The van der Waals surface area contributed by atoms with E-state index in [1.54, 1.807) is 12.4 Å². The van der Waals surface area contributed by atoms with E-state index in [9.17, 15) is 4.79 Å². The summed E-state index contributed by atoms with van der Waals surface area (Å²) in [6.07, 6.45) is 3.50. The van der Waals surface area contributed by atoms with Gasteiger partial charge in [-0.2, -0.15) is 4.98 Å². The van der Waals surface area contributed by atoms with E-state index in [0.29, 0.717) is 18.3 Å². The van der Waals surface area contributed by atoms with Crippen LogP contribution in [0.4, 0.5) is 22.4 Å². The molecular formula is C30H35N7O2. The van der Waals surface area contributed by atoms with Gasteiger partial charge in [0.05, 0.1) is 0 Å². The normalized spacial score (nSPS) is 11.9. The molecule has 0 aliphatic rings. The molecule has 1 atom stereocenters. The van der Waals surface area contributed by atoms with Gasteiger partial charge in [0.2, 0.25) is 5.95 Å². The monoisotopic (exact) mass is 525 g/mol. The number of amides is 1. The summed E-state index contributed by atoms with van der Waals surface area (Å²) >= 11 is 0. The number of anilines is 3. The van der Waals surface area contributed by atoms with Crippen LogP contribution in [0.2, 0.25) is 0 Å². The average molecular weight is 526 g/mol. The zero-order valence-electron chi connectivity index (χ0n) is 23.0. The highest BCUT2D eigenvalue weighted by molar-refractivity contribution is 5.68. The largest absolute Gasteiger partial charge is 0.442 e. The number of nitrogens with zero attached hydrogens (tertiary/aromatic N) is 5. The van der Waals surface area contributed by atoms with Crippen molar-refractivity contribution in [2.45, 2.75) is 45.8 Å². The zero-order valence-corrected chi connectivity index (χ0v) is 23.0. The highest BCUT2D eigenvalue weighted by Gasteiger charge is 2.18. The Hall–Kier alpha value is -4.53. The fourth-order valence-electron chi connectivity index (χ4n) is 3.84. The summed E-state index contributed by atoms with van der Waals surface area (Å²) in [6, 6.07) is 21.6. The van der Waals surface area contributed by atoms with Crippen LogP contribution in [-0.4, -0.2) is 45.2 Å². The van der Waals surface area contributed by atoms with Crippen LogP contribution in [0.1, 0.15) is 44.9 Å². The number of hydrogen-bond acceptors (Lipinski definition) is 8. The third-order valence-electron chi connectivity index (χ3n) is 5.91. The third kappa shape index (κ3) is 7.98. The molecule has 2 heterocycles. The summed E-state index contributed by atoms with van der Waals surface area (Å²) in [4.78, 5) is 32.1. The van der Waals surface area contributed by atoms with Crippen LogP contribution in [-0.2, 0) is 11.2 Å². The number of carbonyl (C=O) groups excluding carboxylic acids is 1. The molecule has 1 unspecified atom stereocenters. The van der Waals surface area contributed by atoms with Crippen LogP contribution >= 0.6 is 0 Å². The van der Waals surface area contributed by atoms with Gasteiger partial charge in [0.15, 0.2) is 5.82 Å². The molecule has 0 radical (unpaired) electrons. The van der Waals surface area contributed by atoms with Gasteiger partial charge >= 0.3 is 6.09 Å². The van der Waals surface area contributed by atoms with Gasteiger partial charge in [-0.3, -0.25) is 0 Å². The summed E-state index contributed by atoms with van der Waals surface area (Å²) < 4.78 is 5.49. The molecule has 39 heavy (non-hydrogen) atoms. The van der Waals surface area contributed by atoms with Gasteiger partial charge in [0.25, 0.3) is 0 Å². The lowest BCUT2D eigenvalue weighted by atomic mass is 10.1. The van der Waals surface area contributed by atoms with E-state index in [4.69, 9.17) is 9.72 Å². The fourth-order valence-corrected chi connectivity index (χ4v) is 3.84. The third-order valence-corrected chi connectivity index (χ3v) is 5.91. The maximum absolute atomic E-state index is 12.0. The van der Waals surface area contributed by atoms with Crippen molar-refractivity contribution in [3.8, 4) is 11.4 Å². The first-order chi connectivity index (χ1) is 18.7. The molecule has 9 nitrogen and oxygen atoms in total. The summed E-state index contributed by atoms with van der Waals surface area (Å²) in [5.74, 6) is 2.66. The first-order valence-electron chi connectivity index (χ1n) is 12.9. The summed E-state index contributed by atoms with van der Waals surface area (Å²) in [6.45, 7) is 8.28. The van der Waals surface area contributed by atoms with Crippen LogP contribution in [0.3, 0.4) is 0 Å². The second-order valence-electron chi connectivity index (χ2n) is 10.2. The second-order valence-corrected chi connectivity index (χ2v) is 10.2. The van der Waals surface area contributed by atoms with Crippen molar-refractivity contribution in [3.63, 3.8) is 0 Å². The lowest BCUT2D eigenvalue weighted by molar-refractivity contribution is 0.100. The Balaban J connectivity index is 1.32. The lowest BCUT2D eigenvalue weighted by Gasteiger charge is -2.22. The Morgan fingerprint density at radius 1 is 0.923 bits per heavy atom. The number of nitrogens with one attached hydrogen (secondary N) is 2. The Morgan fingerprint density at radius 3 is 2.28 bits per heavy atom. The molecule has 9 heteroatoms. The molecule has 0 aliphatic carbocycles. The molecule has 0 bridgehead atoms. The minimum absolute atomic E-state index is 0.339. The van der Waals surface area contributed by atoms with E-state index < -0.39 is 6.09 Å². The fraction of sp³-hybridized carbons (Fsp3) is 0.300. The van der Waals surface area contributed by atoms with Crippen LogP contribution in [0, 0.1) is 0 Å². The van der Waals surface area contributed by atoms with Gasteiger partial charge in [0.1, 0.15) is 17.7 Å². The van der Waals surface area contributed by atoms with Gasteiger partial charge in [0, 0.05) is 37.1 Å². The summed E-state index contributed by atoms with van der Waals surface area (Å²) in [7, 11) is 1.92. The maximum atomic E-state index is 12.0. The number of hydrogen-bond donors (Lipinski definition) is 2. The molecule has 0 saturated heterocycles. The molecule has 4 rings (SSSR count). The van der Waals surface area contributed by atoms with Crippen molar-refractivity contribution in [2.75, 3.05) is 23.8 Å². The van der Waals surface area contributed by atoms with Gasteiger partial charge in [-0.25, -0.2) is 19.7 Å². The van der Waals surface area contributed by atoms with Crippen molar-refractivity contribution in [3.05, 3.63) is 90.3 Å². The lowest BCUT2D eigenvalue weighted by Crippen LogP contribution is -2.41. The molecular weight excluding hydrogens is 490 g/mol. The minimum atomic E-state index is -0.424. The smallest absolute Gasteiger partial charge is 0.408 e. The number of rotatable bonds is 9. The van der Waals surface area contributed by atoms with Gasteiger partial charge in [-0.05, 0) is 57.4 Å². The van der Waals surface area contributed by atoms with Crippen LogP contribution < -0.4 is 15.5 Å². The quantitative estimate of drug-likeness (QED) is 0.277. The van der Waals surface area contributed by atoms with Crippen molar-refractivity contribution >= 4 is 23.7 Å². The van der Waals surface area contributed by atoms with Crippen molar-refractivity contribution in [1.29, 1.82) is 0 Å². The number of carbonyl (C=O) groups is 1. The molecule has 2 aromatic heterocycles. The first kappa shape index (κ1) is 27.5. The summed E-state index contributed by atoms with van der Waals surface area (Å²) in [5.41, 5.74) is 2.71. The SMILES string of the molecule is CC(OC(=O)NC(C)(C)C)c1ccc(CCNc2nccc(N(C)c3ccnc(-c4ccccc4)n3)n2)cc1. The minimum Gasteiger partial charge on any atom is -0.442 e. The maximum Gasteiger partial charge on any atom is 0.408 e. The molecule has 1 amide bonds. The Labute approximate surface area is 229 Å². The Bertz CT molecular complexity index is 1370. The number of alkyl carbamates (subject to hydrolysis) is 1. The molecule has 0 aliphatic heterocycles. The standard InChI is InChI=1S/C30H35N7O2/c1-21(39-29(38)36-30(2,3)4)23-13-11-22(12-14-23)15-18-32-28-33-20-17-26(35-28)37(5)25-16-19-31-27(34-25)24-9-7-6-8-10-24/h6-14,16-17,19-21H,15,18H2,1-5H3,(H,36,38)(H,32,33,35). The predicted molar refractivity (Wildman–Crippen MR) is 154 cm³/mol. The van der Waals surface area contributed by atoms with E-state index >= 15 is 0 Å². The molecule has 2 aromatic carbocycles. The van der Waals surface area contributed by atoms with E-state index in [2.05, 4.69) is 25.6 Å². The molecule has 202 valence electrons. The number of ether oxygens (including phenoxy) is 1. The highest BCUT2D eigenvalue weighted by Crippen LogP contribution is 2.23. The zero-order chi connectivity index (χ0) is 27.8. The van der Waals surface area contributed by atoms with Crippen molar-refractivity contribution < 1.29 is 9.53 Å². The highest BCUT2D eigenvalue weighted by atomic mass is 16.6. The topological polar surface area (TPSA) is 105 Å².